The van der Waals surface area contributed by atoms with Crippen LogP contribution >= 0.6 is 23.8 Å². The first kappa shape index (κ1) is 15.7. The Bertz CT molecular complexity index is 799. The fourth-order valence-electron chi connectivity index (χ4n) is 2.32. The second-order valence-electron chi connectivity index (χ2n) is 5.01. The average molecular weight is 346 g/mol. The molecule has 3 aromatic rings. The average Bonchev–Trinajstić information content (AvgIpc) is 2.94. The van der Waals surface area contributed by atoms with Gasteiger partial charge < -0.3 is 10.7 Å². The molecule has 3 rings (SSSR count). The summed E-state index contributed by atoms with van der Waals surface area (Å²) in [5.74, 6) is 0.910. The van der Waals surface area contributed by atoms with Crippen LogP contribution in [0.2, 0.25) is 5.02 Å². The number of imidazole rings is 1. The number of aromatic nitrogens is 2. The van der Waals surface area contributed by atoms with Crippen molar-refractivity contribution in [3.05, 3.63) is 59.4 Å². The third-order valence-electron chi connectivity index (χ3n) is 3.36. The number of anilines is 1. The zero-order valence-corrected chi connectivity index (χ0v) is 13.9. The van der Waals surface area contributed by atoms with Crippen molar-refractivity contribution in [2.45, 2.75) is 6.42 Å². The monoisotopic (exact) mass is 345 g/mol. The van der Waals surface area contributed by atoms with Gasteiger partial charge in [0.2, 0.25) is 0 Å². The van der Waals surface area contributed by atoms with Crippen LogP contribution in [0, 0.1) is 0 Å². The number of nitrogens with two attached hydrogens (primary N) is 1. The molecule has 0 bridgehead atoms. The van der Waals surface area contributed by atoms with Crippen LogP contribution in [0.25, 0.3) is 11.0 Å². The molecule has 0 fully saturated rings. The molecule has 0 aliphatic carbocycles. The molecule has 23 heavy (non-hydrogen) atoms. The number of benzene rings is 2. The second kappa shape index (κ2) is 6.95. The van der Waals surface area contributed by atoms with Crippen molar-refractivity contribution in [2.24, 2.45) is 5.73 Å². The maximum atomic E-state index is 6.02. The van der Waals surface area contributed by atoms with Gasteiger partial charge in [0.25, 0.3) is 0 Å². The minimum atomic E-state index is 0.233. The zero-order chi connectivity index (χ0) is 16.2. The summed E-state index contributed by atoms with van der Waals surface area (Å²) in [7, 11) is 0. The first-order valence-corrected chi connectivity index (χ1v) is 7.94. The Balaban J connectivity index is 1.66. The summed E-state index contributed by atoms with van der Waals surface area (Å²) < 4.78 is 0. The maximum absolute atomic E-state index is 6.02. The molecule has 0 saturated carbocycles. The Morgan fingerprint density at radius 3 is 2.83 bits per heavy atom. The van der Waals surface area contributed by atoms with Gasteiger partial charge in [0, 0.05) is 18.0 Å². The van der Waals surface area contributed by atoms with E-state index in [2.05, 4.69) is 15.4 Å². The molecule has 0 radical (unpaired) electrons. The van der Waals surface area contributed by atoms with Gasteiger partial charge in [-0.2, -0.15) is 0 Å². The fourth-order valence-corrected chi connectivity index (χ4v) is 2.68. The minimum absolute atomic E-state index is 0.233. The second-order valence-corrected chi connectivity index (χ2v) is 5.87. The molecule has 0 saturated heterocycles. The summed E-state index contributed by atoms with van der Waals surface area (Å²) in [4.78, 5) is 7.83. The molecule has 0 atom stereocenters. The molecule has 118 valence electrons. The molecule has 0 spiro atoms. The molecule has 0 amide bonds. The van der Waals surface area contributed by atoms with Gasteiger partial charge in [-0.05, 0) is 42.5 Å². The molecule has 2 aromatic carbocycles. The summed E-state index contributed by atoms with van der Waals surface area (Å²) in [5, 5.41) is 2.50. The molecular formula is C16H16ClN5S. The molecule has 0 aliphatic heterocycles. The van der Waals surface area contributed by atoms with Crippen molar-refractivity contribution in [1.82, 2.24) is 15.4 Å². The lowest BCUT2D eigenvalue weighted by molar-refractivity contribution is 0.699. The van der Waals surface area contributed by atoms with Crippen LogP contribution in [0.3, 0.4) is 0 Å². The van der Waals surface area contributed by atoms with E-state index in [0.29, 0.717) is 18.0 Å². The first-order valence-electron chi connectivity index (χ1n) is 7.16. The highest BCUT2D eigenvalue weighted by atomic mass is 35.5. The lowest BCUT2D eigenvalue weighted by atomic mass is 10.3. The number of hydrazine groups is 1. The Labute approximate surface area is 144 Å². The van der Waals surface area contributed by atoms with Gasteiger partial charge in [-0.1, -0.05) is 29.8 Å². The predicted octanol–water partition coefficient (Wildman–Crippen LogP) is 3.01. The van der Waals surface area contributed by atoms with Gasteiger partial charge in [0.05, 0.1) is 16.7 Å². The van der Waals surface area contributed by atoms with Crippen LogP contribution in [-0.2, 0) is 6.42 Å². The number of nitrogens with one attached hydrogen (secondary N) is 2. The number of hydrogen-bond donors (Lipinski definition) is 3. The van der Waals surface area contributed by atoms with Gasteiger partial charge in [0.15, 0.2) is 5.11 Å². The number of fused-ring (bicyclic) bond motifs is 1. The number of hydrogen-bond acceptors (Lipinski definition) is 3. The number of rotatable bonds is 5. The summed E-state index contributed by atoms with van der Waals surface area (Å²) in [6.45, 7) is 0.629. The number of para-hydroxylation sites is 2. The standard InChI is InChI=1S/C16H16ClN5S/c17-11-4-3-5-12(10-11)22(16(18)23)19-9-8-15-20-13-6-1-2-7-14(13)21-15/h1-7,10,19H,8-9H2,(H2,18,23)(H,20,21). The molecule has 1 heterocycles. The van der Waals surface area contributed by atoms with Crippen molar-refractivity contribution >= 4 is 45.7 Å². The highest BCUT2D eigenvalue weighted by Crippen LogP contribution is 2.18. The summed E-state index contributed by atoms with van der Waals surface area (Å²) in [5.41, 5.74) is 11.8. The third kappa shape index (κ3) is 3.79. The summed E-state index contributed by atoms with van der Waals surface area (Å²) in [6, 6.07) is 15.3. The predicted molar refractivity (Wildman–Crippen MR) is 98.5 cm³/mol. The van der Waals surface area contributed by atoms with Crippen LogP contribution in [0.5, 0.6) is 0 Å². The zero-order valence-electron chi connectivity index (χ0n) is 12.3. The molecular weight excluding hydrogens is 330 g/mol. The third-order valence-corrected chi connectivity index (χ3v) is 3.77. The lowest BCUT2D eigenvalue weighted by Crippen LogP contribution is -2.47. The SMILES string of the molecule is NC(=S)N(NCCc1nc2ccccc2[nH]1)c1cccc(Cl)c1. The summed E-state index contributed by atoms with van der Waals surface area (Å²) >= 11 is 11.1. The van der Waals surface area contributed by atoms with Gasteiger partial charge in [-0.25, -0.2) is 10.4 Å². The van der Waals surface area contributed by atoms with Crippen LogP contribution in [0.15, 0.2) is 48.5 Å². The Morgan fingerprint density at radius 2 is 2.09 bits per heavy atom. The van der Waals surface area contributed by atoms with Crippen molar-refractivity contribution in [3.8, 4) is 0 Å². The van der Waals surface area contributed by atoms with E-state index in [0.717, 1.165) is 22.5 Å². The summed E-state index contributed by atoms with van der Waals surface area (Å²) in [6.07, 6.45) is 0.717. The Hall–Kier alpha value is -2.15. The minimum Gasteiger partial charge on any atom is -0.375 e. The molecule has 0 aliphatic rings. The van der Waals surface area contributed by atoms with E-state index in [1.54, 1.807) is 17.1 Å². The van der Waals surface area contributed by atoms with Crippen LogP contribution in [0.1, 0.15) is 5.82 Å². The van der Waals surface area contributed by atoms with E-state index in [9.17, 15) is 0 Å². The number of halogens is 1. The quantitative estimate of drug-likeness (QED) is 0.490. The van der Waals surface area contributed by atoms with E-state index in [-0.39, 0.29) is 5.11 Å². The lowest BCUT2D eigenvalue weighted by Gasteiger charge is -2.23. The van der Waals surface area contributed by atoms with Crippen molar-refractivity contribution in [3.63, 3.8) is 0 Å². The molecule has 4 N–H and O–H groups in total. The van der Waals surface area contributed by atoms with Crippen molar-refractivity contribution in [1.29, 1.82) is 0 Å². The van der Waals surface area contributed by atoms with E-state index in [1.165, 1.54) is 0 Å². The molecule has 1 aromatic heterocycles. The van der Waals surface area contributed by atoms with E-state index in [1.807, 2.05) is 36.4 Å². The van der Waals surface area contributed by atoms with Gasteiger partial charge in [0.1, 0.15) is 5.82 Å². The van der Waals surface area contributed by atoms with Gasteiger partial charge >= 0.3 is 0 Å². The van der Waals surface area contributed by atoms with Gasteiger partial charge in [-0.15, -0.1) is 0 Å². The smallest absolute Gasteiger partial charge is 0.185 e. The number of thiocarbonyl (C=S) groups is 1. The van der Waals surface area contributed by atoms with E-state index in [4.69, 9.17) is 29.6 Å². The largest absolute Gasteiger partial charge is 0.375 e. The van der Waals surface area contributed by atoms with Crippen LogP contribution in [-0.4, -0.2) is 21.6 Å². The molecule has 5 nitrogen and oxygen atoms in total. The van der Waals surface area contributed by atoms with E-state index < -0.39 is 0 Å². The molecule has 7 heteroatoms. The van der Waals surface area contributed by atoms with Crippen LogP contribution in [0.4, 0.5) is 5.69 Å². The maximum Gasteiger partial charge on any atom is 0.185 e. The van der Waals surface area contributed by atoms with Crippen molar-refractivity contribution in [2.75, 3.05) is 11.6 Å². The number of nitrogens with zero attached hydrogens (tertiary/aromatic N) is 2. The topological polar surface area (TPSA) is 70.0 Å². The van der Waals surface area contributed by atoms with Crippen LogP contribution < -0.4 is 16.2 Å². The molecule has 0 unspecified atom stereocenters. The fraction of sp³-hybridized carbons (Fsp3) is 0.125. The normalized spacial score (nSPS) is 10.8. The Morgan fingerprint density at radius 1 is 1.26 bits per heavy atom. The Kier molecular flexibility index (Phi) is 4.76. The highest BCUT2D eigenvalue weighted by molar-refractivity contribution is 7.80. The van der Waals surface area contributed by atoms with Gasteiger partial charge in [-0.3, -0.25) is 5.01 Å². The first-order chi connectivity index (χ1) is 11.1. The van der Waals surface area contributed by atoms with E-state index >= 15 is 0 Å². The highest BCUT2D eigenvalue weighted by Gasteiger charge is 2.10. The van der Waals surface area contributed by atoms with Crippen molar-refractivity contribution < 1.29 is 0 Å². The number of aromatic amines is 1. The number of H-pyrrole nitrogens is 1.